The second-order valence-corrected chi connectivity index (χ2v) is 4.61. The molecular formula is C12H22N2O2. The third-order valence-electron chi connectivity index (χ3n) is 3.24. The van der Waals surface area contributed by atoms with E-state index in [1.807, 2.05) is 11.9 Å². The molecule has 0 aromatic rings. The van der Waals surface area contributed by atoms with E-state index in [0.29, 0.717) is 25.3 Å². The molecule has 0 unspecified atom stereocenters. The van der Waals surface area contributed by atoms with Gasteiger partial charge in [0.15, 0.2) is 0 Å². The van der Waals surface area contributed by atoms with Crippen molar-refractivity contribution in [1.82, 2.24) is 10.2 Å². The van der Waals surface area contributed by atoms with Gasteiger partial charge in [-0.15, -0.1) is 0 Å². The molecule has 1 amide bonds. The van der Waals surface area contributed by atoms with Crippen LogP contribution < -0.4 is 5.32 Å². The van der Waals surface area contributed by atoms with Gasteiger partial charge in [0.1, 0.15) is 5.78 Å². The second kappa shape index (κ2) is 6.63. The molecule has 0 radical (unpaired) electrons. The molecule has 1 aliphatic carbocycles. The van der Waals surface area contributed by atoms with Crippen LogP contribution in [0, 0.1) is 5.92 Å². The van der Waals surface area contributed by atoms with Gasteiger partial charge in [-0.3, -0.25) is 14.5 Å². The number of hydrogen-bond acceptors (Lipinski definition) is 3. The number of hydrogen-bond donors (Lipinski definition) is 1. The Hall–Kier alpha value is -0.900. The number of likely N-dealkylation sites (N-methyl/N-ethyl adjacent to an activating group) is 1. The van der Waals surface area contributed by atoms with E-state index in [2.05, 4.69) is 5.32 Å². The van der Waals surface area contributed by atoms with Crippen molar-refractivity contribution in [2.24, 2.45) is 5.92 Å². The SMILES string of the molecule is CNC(=O)CCN(C)CC(=O)C1CCCC1. The van der Waals surface area contributed by atoms with Gasteiger partial charge in [-0.25, -0.2) is 0 Å². The van der Waals surface area contributed by atoms with Crippen LogP contribution in [-0.4, -0.2) is 43.8 Å². The first kappa shape index (κ1) is 13.2. The van der Waals surface area contributed by atoms with E-state index in [1.165, 1.54) is 12.8 Å². The fraction of sp³-hybridized carbons (Fsp3) is 0.833. The molecule has 0 saturated heterocycles. The normalized spacial score (nSPS) is 16.7. The minimum Gasteiger partial charge on any atom is -0.359 e. The van der Waals surface area contributed by atoms with E-state index in [-0.39, 0.29) is 11.8 Å². The summed E-state index contributed by atoms with van der Waals surface area (Å²) >= 11 is 0. The molecule has 92 valence electrons. The molecule has 0 spiro atoms. The van der Waals surface area contributed by atoms with Gasteiger partial charge in [0, 0.05) is 25.9 Å². The molecule has 0 aromatic heterocycles. The second-order valence-electron chi connectivity index (χ2n) is 4.61. The molecule has 0 atom stereocenters. The lowest BCUT2D eigenvalue weighted by Gasteiger charge is -2.17. The highest BCUT2D eigenvalue weighted by atomic mass is 16.1. The zero-order valence-electron chi connectivity index (χ0n) is 10.3. The summed E-state index contributed by atoms with van der Waals surface area (Å²) in [5, 5.41) is 2.58. The monoisotopic (exact) mass is 226 g/mol. The number of nitrogens with one attached hydrogen (secondary N) is 1. The number of amides is 1. The van der Waals surface area contributed by atoms with Gasteiger partial charge in [0.25, 0.3) is 0 Å². The Kier molecular flexibility index (Phi) is 5.46. The third-order valence-corrected chi connectivity index (χ3v) is 3.24. The van der Waals surface area contributed by atoms with Crippen molar-refractivity contribution >= 4 is 11.7 Å². The maximum Gasteiger partial charge on any atom is 0.221 e. The van der Waals surface area contributed by atoms with E-state index in [4.69, 9.17) is 0 Å². The summed E-state index contributed by atoms with van der Waals surface area (Å²) in [6.45, 7) is 1.14. The minimum atomic E-state index is 0.0279. The molecule has 0 bridgehead atoms. The van der Waals surface area contributed by atoms with Gasteiger partial charge in [-0.2, -0.15) is 0 Å². The molecule has 1 N–H and O–H groups in total. The van der Waals surface area contributed by atoms with Crippen molar-refractivity contribution in [3.63, 3.8) is 0 Å². The molecule has 4 nitrogen and oxygen atoms in total. The van der Waals surface area contributed by atoms with Crippen LogP contribution in [0.5, 0.6) is 0 Å². The Morgan fingerprint density at radius 3 is 2.50 bits per heavy atom. The van der Waals surface area contributed by atoms with E-state index in [9.17, 15) is 9.59 Å². The molecule has 4 heteroatoms. The fourth-order valence-corrected chi connectivity index (χ4v) is 2.14. The quantitative estimate of drug-likeness (QED) is 0.729. The largest absolute Gasteiger partial charge is 0.359 e. The first-order valence-corrected chi connectivity index (χ1v) is 6.05. The van der Waals surface area contributed by atoms with Crippen LogP contribution in [0.15, 0.2) is 0 Å². The van der Waals surface area contributed by atoms with Gasteiger partial charge in [0.05, 0.1) is 6.54 Å². The number of Topliss-reactive ketones (excluding diaryl/α,β-unsaturated/α-hetero) is 1. The summed E-state index contributed by atoms with van der Waals surface area (Å²) in [6, 6.07) is 0. The molecule has 1 saturated carbocycles. The topological polar surface area (TPSA) is 49.4 Å². The van der Waals surface area contributed by atoms with E-state index in [1.54, 1.807) is 7.05 Å². The van der Waals surface area contributed by atoms with Gasteiger partial charge in [-0.05, 0) is 19.9 Å². The van der Waals surface area contributed by atoms with Crippen LogP contribution in [0.4, 0.5) is 0 Å². The lowest BCUT2D eigenvalue weighted by molar-refractivity contribution is -0.125. The first-order valence-electron chi connectivity index (χ1n) is 6.05. The standard InChI is InChI=1S/C12H22N2O2/c1-13-12(16)7-8-14(2)9-11(15)10-5-3-4-6-10/h10H,3-9H2,1-2H3,(H,13,16). The van der Waals surface area contributed by atoms with Crippen molar-refractivity contribution in [2.75, 3.05) is 27.2 Å². The summed E-state index contributed by atoms with van der Waals surface area (Å²) in [6.07, 6.45) is 4.96. The molecule has 0 aromatic carbocycles. The van der Waals surface area contributed by atoms with Crippen molar-refractivity contribution < 1.29 is 9.59 Å². The smallest absolute Gasteiger partial charge is 0.221 e. The molecule has 1 rings (SSSR count). The Morgan fingerprint density at radius 2 is 1.94 bits per heavy atom. The summed E-state index contributed by atoms with van der Waals surface area (Å²) < 4.78 is 0. The minimum absolute atomic E-state index is 0.0279. The molecule has 1 fully saturated rings. The van der Waals surface area contributed by atoms with Crippen LogP contribution in [-0.2, 0) is 9.59 Å². The van der Waals surface area contributed by atoms with Crippen LogP contribution in [0.1, 0.15) is 32.1 Å². The van der Waals surface area contributed by atoms with Crippen molar-refractivity contribution in [2.45, 2.75) is 32.1 Å². The van der Waals surface area contributed by atoms with Crippen molar-refractivity contribution in [1.29, 1.82) is 0 Å². The van der Waals surface area contributed by atoms with Crippen molar-refractivity contribution in [3.05, 3.63) is 0 Å². The number of nitrogens with zero attached hydrogens (tertiary/aromatic N) is 1. The summed E-state index contributed by atoms with van der Waals surface area (Å²) in [4.78, 5) is 24.8. The molecule has 1 aliphatic rings. The number of carbonyl (C=O) groups excluding carboxylic acids is 2. The lowest BCUT2D eigenvalue weighted by Crippen LogP contribution is -2.32. The van der Waals surface area contributed by atoms with Gasteiger partial charge in [0.2, 0.25) is 5.91 Å². The highest BCUT2D eigenvalue weighted by molar-refractivity contribution is 5.83. The summed E-state index contributed by atoms with van der Waals surface area (Å²) in [5.41, 5.74) is 0. The van der Waals surface area contributed by atoms with Gasteiger partial charge in [-0.1, -0.05) is 12.8 Å². The van der Waals surface area contributed by atoms with Crippen LogP contribution >= 0.6 is 0 Å². The lowest BCUT2D eigenvalue weighted by atomic mass is 10.0. The van der Waals surface area contributed by atoms with Gasteiger partial charge < -0.3 is 5.32 Å². The van der Waals surface area contributed by atoms with Crippen molar-refractivity contribution in [3.8, 4) is 0 Å². The maximum atomic E-state index is 11.8. The zero-order valence-corrected chi connectivity index (χ0v) is 10.3. The Morgan fingerprint density at radius 1 is 1.31 bits per heavy atom. The third kappa shape index (κ3) is 4.31. The van der Waals surface area contributed by atoms with E-state index in [0.717, 1.165) is 12.8 Å². The Bertz CT molecular complexity index is 247. The summed E-state index contributed by atoms with van der Waals surface area (Å²) in [5.74, 6) is 0.652. The predicted molar refractivity (Wildman–Crippen MR) is 63.1 cm³/mol. The molecule has 16 heavy (non-hydrogen) atoms. The number of rotatable bonds is 6. The van der Waals surface area contributed by atoms with Crippen LogP contribution in [0.25, 0.3) is 0 Å². The fourth-order valence-electron chi connectivity index (χ4n) is 2.14. The number of carbonyl (C=O) groups is 2. The average Bonchev–Trinajstić information content (AvgIpc) is 2.79. The van der Waals surface area contributed by atoms with E-state index >= 15 is 0 Å². The molecule has 0 heterocycles. The highest BCUT2D eigenvalue weighted by Gasteiger charge is 2.23. The van der Waals surface area contributed by atoms with Crippen LogP contribution in [0.2, 0.25) is 0 Å². The summed E-state index contributed by atoms with van der Waals surface area (Å²) in [7, 11) is 3.53. The molecular weight excluding hydrogens is 204 g/mol. The Balaban J connectivity index is 2.19. The zero-order chi connectivity index (χ0) is 12.0. The predicted octanol–water partition coefficient (Wildman–Crippen LogP) is 0.814. The van der Waals surface area contributed by atoms with Crippen LogP contribution in [0.3, 0.4) is 0 Å². The van der Waals surface area contributed by atoms with E-state index < -0.39 is 0 Å². The first-order chi connectivity index (χ1) is 7.63. The highest BCUT2D eigenvalue weighted by Crippen LogP contribution is 2.25. The number of ketones is 1. The molecule has 0 aliphatic heterocycles. The Labute approximate surface area is 97.4 Å². The van der Waals surface area contributed by atoms with Gasteiger partial charge >= 0.3 is 0 Å². The average molecular weight is 226 g/mol. The maximum absolute atomic E-state index is 11.8.